The van der Waals surface area contributed by atoms with Gasteiger partial charge in [-0.05, 0) is 60.5 Å². The highest BCUT2D eigenvalue weighted by Gasteiger charge is 2.48. The Morgan fingerprint density at radius 2 is 1.69 bits per heavy atom. The van der Waals surface area contributed by atoms with Crippen molar-refractivity contribution in [2.75, 3.05) is 13.2 Å². The van der Waals surface area contributed by atoms with Crippen LogP contribution in [-0.4, -0.2) is 52.4 Å². The fraction of sp³-hybridized carbons (Fsp3) is 0.652. The van der Waals surface area contributed by atoms with Crippen LogP contribution in [0.3, 0.4) is 0 Å². The number of carbonyl (C=O) groups is 2. The summed E-state index contributed by atoms with van der Waals surface area (Å²) in [5, 5.41) is 3.78. The normalized spacial score (nSPS) is 20.6. The van der Waals surface area contributed by atoms with Gasteiger partial charge in [0.1, 0.15) is 5.60 Å². The van der Waals surface area contributed by atoms with Crippen molar-refractivity contribution in [2.45, 2.75) is 78.5 Å². The molecule has 0 unspecified atom stereocenters. The first-order valence-electron chi connectivity index (χ1n) is 10.4. The minimum atomic E-state index is -0.588. The number of carbonyl (C=O) groups excluding carboxylic acids is 2. The highest BCUT2D eigenvalue weighted by atomic mass is 16.6. The Balaban J connectivity index is 2.37. The summed E-state index contributed by atoms with van der Waals surface area (Å²) in [6, 6.07) is 10.2. The molecule has 0 bridgehead atoms. The maximum Gasteiger partial charge on any atom is 0.425 e. The van der Waals surface area contributed by atoms with Gasteiger partial charge in [-0.2, -0.15) is 0 Å². The zero-order chi connectivity index (χ0) is 21.8. The molecule has 162 valence electrons. The van der Waals surface area contributed by atoms with E-state index < -0.39 is 5.60 Å². The Morgan fingerprint density at radius 3 is 2.21 bits per heavy atom. The third-order valence-corrected chi connectivity index (χ3v) is 4.84. The Labute approximate surface area is 175 Å². The van der Waals surface area contributed by atoms with E-state index in [1.807, 2.05) is 45.9 Å². The topological polar surface area (TPSA) is 59.1 Å². The number of amides is 1. The van der Waals surface area contributed by atoms with Crippen LogP contribution in [-0.2, 0) is 20.7 Å². The largest absolute Gasteiger partial charge is 0.466 e. The van der Waals surface area contributed by atoms with Crippen molar-refractivity contribution in [1.82, 2.24) is 10.0 Å². The molecule has 6 heteroatoms. The molecule has 1 aliphatic rings. The highest BCUT2D eigenvalue weighted by Crippen LogP contribution is 2.36. The molecule has 1 amide bonds. The van der Waals surface area contributed by atoms with Gasteiger partial charge in [0.05, 0.1) is 13.0 Å². The van der Waals surface area contributed by atoms with E-state index in [-0.39, 0.29) is 36.0 Å². The molecule has 1 aliphatic heterocycles. The molecule has 1 fully saturated rings. The van der Waals surface area contributed by atoms with E-state index in [2.05, 4.69) is 37.9 Å². The first-order chi connectivity index (χ1) is 13.4. The lowest BCUT2D eigenvalue weighted by Gasteiger charge is -2.42. The lowest BCUT2D eigenvalue weighted by Crippen LogP contribution is -2.56. The molecule has 2 rings (SSSR count). The van der Waals surface area contributed by atoms with Gasteiger partial charge in [-0.1, -0.05) is 30.3 Å². The van der Waals surface area contributed by atoms with E-state index in [1.165, 1.54) is 5.56 Å². The van der Waals surface area contributed by atoms with Gasteiger partial charge in [0.25, 0.3) is 0 Å². The van der Waals surface area contributed by atoms with E-state index in [1.54, 1.807) is 5.01 Å². The van der Waals surface area contributed by atoms with Crippen LogP contribution >= 0.6 is 0 Å². The van der Waals surface area contributed by atoms with E-state index in [9.17, 15) is 9.59 Å². The first-order valence-corrected chi connectivity index (χ1v) is 10.4. The number of hydrogen-bond acceptors (Lipinski definition) is 5. The van der Waals surface area contributed by atoms with Crippen molar-refractivity contribution in [3.05, 3.63) is 35.9 Å². The summed E-state index contributed by atoms with van der Waals surface area (Å²) in [7, 11) is 0. The number of esters is 1. The second kappa shape index (κ2) is 9.16. The zero-order valence-electron chi connectivity index (χ0n) is 18.9. The summed E-state index contributed by atoms with van der Waals surface area (Å²) < 4.78 is 10.9. The number of nitrogens with zero attached hydrogens (tertiary/aromatic N) is 2. The second-order valence-corrected chi connectivity index (χ2v) is 9.60. The monoisotopic (exact) mass is 404 g/mol. The molecular weight excluding hydrogens is 368 g/mol. The molecule has 1 saturated heterocycles. The molecular formula is C23H36N2O4. The average molecular weight is 405 g/mol. The number of rotatable bonds is 5. The Hall–Kier alpha value is -2.08. The van der Waals surface area contributed by atoms with Gasteiger partial charge in [0.2, 0.25) is 0 Å². The predicted molar refractivity (Wildman–Crippen MR) is 113 cm³/mol. The molecule has 0 aliphatic carbocycles. The number of benzene rings is 1. The molecule has 1 heterocycles. The maximum absolute atomic E-state index is 13.0. The fourth-order valence-electron chi connectivity index (χ4n) is 3.89. The Kier molecular flexibility index (Phi) is 7.33. The summed E-state index contributed by atoms with van der Waals surface area (Å²) >= 11 is 0. The minimum Gasteiger partial charge on any atom is -0.466 e. The molecule has 0 spiro atoms. The van der Waals surface area contributed by atoms with Crippen molar-refractivity contribution >= 4 is 12.1 Å². The van der Waals surface area contributed by atoms with E-state index >= 15 is 0 Å². The quantitative estimate of drug-likeness (QED) is 0.680. The van der Waals surface area contributed by atoms with Crippen LogP contribution in [0.4, 0.5) is 4.79 Å². The van der Waals surface area contributed by atoms with E-state index in [0.29, 0.717) is 13.2 Å². The van der Waals surface area contributed by atoms with Gasteiger partial charge in [-0.25, -0.2) is 14.8 Å². The smallest absolute Gasteiger partial charge is 0.425 e. The summed E-state index contributed by atoms with van der Waals surface area (Å²) in [5.74, 6) is -0.267. The van der Waals surface area contributed by atoms with Crippen LogP contribution in [0.25, 0.3) is 0 Å². The van der Waals surface area contributed by atoms with E-state index in [4.69, 9.17) is 9.47 Å². The molecule has 29 heavy (non-hydrogen) atoms. The van der Waals surface area contributed by atoms with Crippen LogP contribution in [0, 0.1) is 5.92 Å². The first kappa shape index (κ1) is 23.2. The average Bonchev–Trinajstić information content (AvgIpc) is 2.93. The van der Waals surface area contributed by atoms with Gasteiger partial charge in [0.15, 0.2) is 0 Å². The van der Waals surface area contributed by atoms with Gasteiger partial charge >= 0.3 is 12.1 Å². The van der Waals surface area contributed by atoms with Crippen molar-refractivity contribution in [3.63, 3.8) is 0 Å². The molecule has 0 aromatic heterocycles. The fourth-order valence-corrected chi connectivity index (χ4v) is 3.89. The summed E-state index contributed by atoms with van der Waals surface area (Å²) in [6.07, 6.45) is 0.635. The third-order valence-electron chi connectivity index (χ3n) is 4.84. The molecule has 0 saturated carbocycles. The van der Waals surface area contributed by atoms with Gasteiger partial charge in [-0.3, -0.25) is 4.79 Å². The molecule has 0 N–H and O–H groups in total. The SMILES string of the molecule is CCOC(=O)C[C@H]1CN(C(=O)OC(C)(C)C)N(C(C)(C)C)[C@@H]1Cc1ccccc1. The van der Waals surface area contributed by atoms with E-state index in [0.717, 1.165) is 6.42 Å². The lowest BCUT2D eigenvalue weighted by molar-refractivity contribution is -0.144. The van der Waals surface area contributed by atoms with Crippen LogP contribution in [0.15, 0.2) is 30.3 Å². The van der Waals surface area contributed by atoms with Gasteiger partial charge < -0.3 is 9.47 Å². The summed E-state index contributed by atoms with van der Waals surface area (Å²) in [5.41, 5.74) is 0.265. The number of ether oxygens (including phenoxy) is 2. The molecule has 2 atom stereocenters. The third kappa shape index (κ3) is 6.46. The van der Waals surface area contributed by atoms with Gasteiger partial charge in [-0.15, -0.1) is 0 Å². The standard InChI is InChI=1S/C23H36N2O4/c1-8-28-20(26)15-18-16-24(21(27)29-23(5,6)7)25(22(2,3)4)19(18)14-17-12-10-9-11-13-17/h9-13,18-19H,8,14-16H2,1-7H3/t18-,19+/m0/s1. The zero-order valence-corrected chi connectivity index (χ0v) is 18.9. The van der Waals surface area contributed by atoms with Crippen LogP contribution in [0.5, 0.6) is 0 Å². The van der Waals surface area contributed by atoms with Crippen molar-refractivity contribution < 1.29 is 19.1 Å². The van der Waals surface area contributed by atoms with Crippen molar-refractivity contribution in [2.24, 2.45) is 5.92 Å². The van der Waals surface area contributed by atoms with Crippen molar-refractivity contribution in [3.8, 4) is 0 Å². The van der Waals surface area contributed by atoms with Crippen molar-refractivity contribution in [1.29, 1.82) is 0 Å². The van der Waals surface area contributed by atoms with Crippen LogP contribution in [0.1, 0.15) is 60.5 Å². The molecule has 1 aromatic rings. The Morgan fingerprint density at radius 1 is 1.07 bits per heavy atom. The molecule has 6 nitrogen and oxygen atoms in total. The Bertz CT molecular complexity index is 691. The van der Waals surface area contributed by atoms with Gasteiger partial charge in [0, 0.05) is 24.0 Å². The molecule has 1 aromatic carbocycles. The predicted octanol–water partition coefficient (Wildman–Crippen LogP) is 4.43. The minimum absolute atomic E-state index is 0.0191. The van der Waals surface area contributed by atoms with Crippen LogP contribution in [0.2, 0.25) is 0 Å². The maximum atomic E-state index is 13.0. The highest BCUT2D eigenvalue weighted by molar-refractivity contribution is 5.71. The number of hydrogen-bond donors (Lipinski definition) is 0. The summed E-state index contributed by atoms with van der Waals surface area (Å²) in [4.78, 5) is 25.3. The lowest BCUT2D eigenvalue weighted by atomic mass is 9.90. The molecule has 0 radical (unpaired) electrons. The number of hydrazine groups is 1. The summed E-state index contributed by atoms with van der Waals surface area (Å²) in [6.45, 7) is 14.4. The second-order valence-electron chi connectivity index (χ2n) is 9.60. The van der Waals surface area contributed by atoms with Crippen LogP contribution < -0.4 is 0 Å².